The summed E-state index contributed by atoms with van der Waals surface area (Å²) in [6.07, 6.45) is -1.39. The van der Waals surface area contributed by atoms with Gasteiger partial charge in [-0.25, -0.2) is 0 Å². The largest absolute Gasteiger partial charge is 0.497 e. The van der Waals surface area contributed by atoms with Gasteiger partial charge >= 0.3 is 0 Å². The summed E-state index contributed by atoms with van der Waals surface area (Å²) in [5, 5.41) is 4.03. The van der Waals surface area contributed by atoms with E-state index < -0.39 is 36.4 Å². The van der Waals surface area contributed by atoms with Crippen molar-refractivity contribution in [2.24, 2.45) is 5.11 Å². The quantitative estimate of drug-likeness (QED) is 0.355. The number of benzene rings is 2. The number of ether oxygens (including phenoxy) is 5. The molecule has 0 saturated carbocycles. The lowest BCUT2D eigenvalue weighted by molar-refractivity contribution is -0.238. The van der Waals surface area contributed by atoms with Crippen molar-refractivity contribution in [3.05, 3.63) is 76.2 Å². The Balaban J connectivity index is 1.50. The average Bonchev–Trinajstić information content (AvgIpc) is 3.26. The molecule has 0 amide bonds. The predicted molar refractivity (Wildman–Crippen MR) is 113 cm³/mol. The Kier molecular flexibility index (Phi) is 6.46. The predicted octanol–water partition coefficient (Wildman–Crippen LogP) is 4.38. The molecule has 0 aliphatic carbocycles. The molecule has 5 atom stereocenters. The molecule has 2 aromatic rings. The zero-order valence-corrected chi connectivity index (χ0v) is 17.9. The number of rotatable bonds is 8. The van der Waals surface area contributed by atoms with Crippen LogP contribution in [0.2, 0.25) is 0 Å². The van der Waals surface area contributed by atoms with E-state index in [1.165, 1.54) is 0 Å². The average molecular weight is 425 g/mol. The number of fused-ring (bicyclic) bond motifs is 1. The lowest BCUT2D eigenvalue weighted by Crippen LogP contribution is -2.38. The molecular weight excluding hydrogens is 398 g/mol. The van der Waals surface area contributed by atoms with Crippen molar-refractivity contribution in [1.29, 1.82) is 0 Å². The maximum Gasteiger partial charge on any atom is 0.187 e. The van der Waals surface area contributed by atoms with Crippen molar-refractivity contribution < 1.29 is 23.7 Å². The van der Waals surface area contributed by atoms with Gasteiger partial charge in [0, 0.05) is 4.91 Å². The molecule has 0 bridgehead atoms. The highest BCUT2D eigenvalue weighted by atomic mass is 16.8. The second kappa shape index (κ2) is 9.26. The van der Waals surface area contributed by atoms with Gasteiger partial charge in [-0.1, -0.05) is 47.6 Å². The molecule has 2 heterocycles. The molecule has 2 saturated heterocycles. The Bertz CT molecular complexity index is 915. The normalized spacial score (nSPS) is 27.3. The van der Waals surface area contributed by atoms with Gasteiger partial charge in [-0.3, -0.25) is 0 Å². The van der Waals surface area contributed by atoms with Crippen LogP contribution in [-0.4, -0.2) is 43.5 Å². The van der Waals surface area contributed by atoms with Crippen molar-refractivity contribution in [2.45, 2.75) is 63.3 Å². The van der Waals surface area contributed by atoms with E-state index in [4.69, 9.17) is 29.2 Å². The molecular formula is C23H27N3O5. The van der Waals surface area contributed by atoms with Gasteiger partial charge in [0.2, 0.25) is 0 Å². The second-order valence-electron chi connectivity index (χ2n) is 8.15. The minimum Gasteiger partial charge on any atom is -0.497 e. The van der Waals surface area contributed by atoms with E-state index in [-0.39, 0.29) is 0 Å². The molecule has 8 nitrogen and oxygen atoms in total. The van der Waals surface area contributed by atoms with Crippen LogP contribution in [0, 0.1) is 0 Å². The van der Waals surface area contributed by atoms with E-state index in [9.17, 15) is 0 Å². The number of hydrogen-bond donors (Lipinski definition) is 0. The van der Waals surface area contributed by atoms with E-state index in [0.717, 1.165) is 16.9 Å². The lowest BCUT2D eigenvalue weighted by atomic mass is 9.97. The van der Waals surface area contributed by atoms with Crippen molar-refractivity contribution >= 4 is 0 Å². The second-order valence-corrected chi connectivity index (χ2v) is 8.15. The van der Waals surface area contributed by atoms with Crippen molar-refractivity contribution in [3.8, 4) is 5.75 Å². The Hall–Kier alpha value is -2.61. The summed E-state index contributed by atoms with van der Waals surface area (Å²) in [5.41, 5.74) is 11.2. The van der Waals surface area contributed by atoms with Crippen LogP contribution in [0.4, 0.5) is 0 Å². The first-order valence-electron chi connectivity index (χ1n) is 10.3. The minimum absolute atomic E-state index is 0.346. The van der Waals surface area contributed by atoms with Crippen LogP contribution in [0.3, 0.4) is 0 Å². The van der Waals surface area contributed by atoms with E-state index in [1.807, 2.05) is 68.4 Å². The van der Waals surface area contributed by atoms with Crippen LogP contribution in [0.1, 0.15) is 25.0 Å². The zero-order chi connectivity index (χ0) is 21.8. The molecule has 0 unspecified atom stereocenters. The SMILES string of the molecule is COc1ccc(CO[C@H]2O[C@H]([C@H](Cc3ccccc3)N=[N+]=[N-])[C@@H]3OC(C)(C)O[C@H]23)cc1. The number of nitrogens with zero attached hydrogens (tertiary/aromatic N) is 3. The van der Waals surface area contributed by atoms with E-state index >= 15 is 0 Å². The van der Waals surface area contributed by atoms with E-state index in [0.29, 0.717) is 13.0 Å². The molecule has 31 heavy (non-hydrogen) atoms. The van der Waals surface area contributed by atoms with Crippen molar-refractivity contribution in [3.63, 3.8) is 0 Å². The molecule has 164 valence electrons. The summed E-state index contributed by atoms with van der Waals surface area (Å²) in [4.78, 5) is 3.06. The fourth-order valence-corrected chi connectivity index (χ4v) is 4.08. The van der Waals surface area contributed by atoms with Crippen molar-refractivity contribution in [1.82, 2.24) is 0 Å². The van der Waals surface area contributed by atoms with Crippen molar-refractivity contribution in [2.75, 3.05) is 7.11 Å². The van der Waals surface area contributed by atoms with Crippen LogP contribution in [0.15, 0.2) is 59.7 Å². The Morgan fingerprint density at radius 1 is 1.03 bits per heavy atom. The van der Waals surface area contributed by atoms with Gasteiger partial charge in [0.25, 0.3) is 0 Å². The Morgan fingerprint density at radius 2 is 1.74 bits per heavy atom. The lowest BCUT2D eigenvalue weighted by Gasteiger charge is -2.27. The monoisotopic (exact) mass is 425 g/mol. The maximum absolute atomic E-state index is 9.17. The first kappa shape index (κ1) is 21.6. The fraction of sp³-hybridized carbons (Fsp3) is 0.478. The fourth-order valence-electron chi connectivity index (χ4n) is 4.08. The first-order chi connectivity index (χ1) is 15.0. The highest BCUT2D eigenvalue weighted by molar-refractivity contribution is 5.26. The van der Waals surface area contributed by atoms with Gasteiger partial charge in [0.1, 0.15) is 18.0 Å². The summed E-state index contributed by atoms with van der Waals surface area (Å²) >= 11 is 0. The highest BCUT2D eigenvalue weighted by Crippen LogP contribution is 2.41. The third-order valence-electron chi connectivity index (χ3n) is 5.49. The van der Waals surface area contributed by atoms with Crippen LogP contribution in [0.25, 0.3) is 10.4 Å². The standard InChI is InChI=1S/C23H27N3O5/c1-23(2)30-20-19(18(25-26-24)13-15-7-5-4-6-8-15)29-22(21(20)31-23)28-14-16-9-11-17(27-3)12-10-16/h4-12,18-22H,13-14H2,1-3H3/t18-,19+,20-,21-,22-/m0/s1. The minimum atomic E-state index is -0.771. The van der Waals surface area contributed by atoms with Gasteiger partial charge in [-0.05, 0) is 49.1 Å². The van der Waals surface area contributed by atoms with Crippen LogP contribution in [-0.2, 0) is 32.0 Å². The maximum atomic E-state index is 9.17. The number of hydrogen-bond acceptors (Lipinski definition) is 6. The molecule has 8 heteroatoms. The third kappa shape index (κ3) is 5.01. The van der Waals surface area contributed by atoms with Crippen LogP contribution < -0.4 is 4.74 Å². The molecule has 2 aliphatic heterocycles. The molecule has 0 spiro atoms. The highest BCUT2D eigenvalue weighted by Gasteiger charge is 2.57. The molecule has 2 fully saturated rings. The molecule has 4 rings (SSSR count). The summed E-state index contributed by atoms with van der Waals surface area (Å²) in [5.74, 6) is 0.0145. The Labute approximate surface area is 181 Å². The zero-order valence-electron chi connectivity index (χ0n) is 17.9. The molecule has 2 aliphatic rings. The van der Waals surface area contributed by atoms with E-state index in [1.54, 1.807) is 7.11 Å². The van der Waals surface area contributed by atoms with Gasteiger partial charge in [0.15, 0.2) is 12.1 Å². The molecule has 0 radical (unpaired) electrons. The molecule has 0 aromatic heterocycles. The topological polar surface area (TPSA) is 94.9 Å². The van der Waals surface area contributed by atoms with Gasteiger partial charge in [-0.15, -0.1) is 0 Å². The van der Waals surface area contributed by atoms with Gasteiger partial charge in [0.05, 0.1) is 25.9 Å². The molecule has 2 aromatic carbocycles. The summed E-state index contributed by atoms with van der Waals surface area (Å²) < 4.78 is 29.7. The molecule has 0 N–H and O–H groups in total. The summed E-state index contributed by atoms with van der Waals surface area (Å²) in [6, 6.07) is 17.1. The summed E-state index contributed by atoms with van der Waals surface area (Å²) in [6.45, 7) is 4.07. The van der Waals surface area contributed by atoms with Gasteiger partial charge in [-0.2, -0.15) is 0 Å². The number of azide groups is 1. The van der Waals surface area contributed by atoms with Crippen LogP contribution in [0.5, 0.6) is 5.75 Å². The van der Waals surface area contributed by atoms with Crippen LogP contribution >= 0.6 is 0 Å². The van der Waals surface area contributed by atoms with E-state index in [2.05, 4.69) is 10.0 Å². The van der Waals surface area contributed by atoms with Gasteiger partial charge < -0.3 is 23.7 Å². The first-order valence-corrected chi connectivity index (χ1v) is 10.3. The summed E-state index contributed by atoms with van der Waals surface area (Å²) in [7, 11) is 1.63. The third-order valence-corrected chi connectivity index (χ3v) is 5.49. The number of methoxy groups -OCH3 is 1. The Morgan fingerprint density at radius 3 is 2.42 bits per heavy atom. The smallest absolute Gasteiger partial charge is 0.187 e.